The van der Waals surface area contributed by atoms with Gasteiger partial charge < -0.3 is 5.73 Å². The summed E-state index contributed by atoms with van der Waals surface area (Å²) in [4.78, 5) is 0. The molecule has 0 saturated heterocycles. The summed E-state index contributed by atoms with van der Waals surface area (Å²) in [5, 5.41) is 0.629. The Morgan fingerprint density at radius 1 is 1.26 bits per heavy atom. The third kappa shape index (κ3) is 3.56. The van der Waals surface area contributed by atoms with Gasteiger partial charge in [0.05, 0.1) is 0 Å². The normalized spacial score (nSPS) is 14.2. The summed E-state index contributed by atoms with van der Waals surface area (Å²) >= 11 is 9.32. The summed E-state index contributed by atoms with van der Waals surface area (Å²) in [6.45, 7) is 1.87. The molecule has 100 valence electrons. The van der Waals surface area contributed by atoms with Crippen LogP contribution in [0.25, 0.3) is 0 Å². The van der Waals surface area contributed by atoms with Crippen molar-refractivity contribution >= 4 is 27.5 Å². The van der Waals surface area contributed by atoms with E-state index in [1.165, 1.54) is 6.07 Å². The minimum absolute atomic E-state index is 0.248. The quantitative estimate of drug-likeness (QED) is 0.862. The first-order valence-electron chi connectivity index (χ1n) is 5.87. The molecule has 0 bridgehead atoms. The van der Waals surface area contributed by atoms with Crippen molar-refractivity contribution in [1.82, 2.24) is 0 Å². The Balaban J connectivity index is 2.33. The Labute approximate surface area is 125 Å². The highest BCUT2D eigenvalue weighted by atomic mass is 79.9. The zero-order valence-corrected chi connectivity index (χ0v) is 12.8. The third-order valence-corrected chi connectivity index (χ3v) is 3.78. The van der Waals surface area contributed by atoms with Gasteiger partial charge in [-0.15, -0.1) is 0 Å². The Bertz CT molecular complexity index is 598. The number of nitrogens with two attached hydrogens (primary N) is 1. The Kier molecular flexibility index (Phi) is 4.29. The Morgan fingerprint density at radius 3 is 2.68 bits per heavy atom. The number of hydrogen-bond acceptors (Lipinski definition) is 1. The van der Waals surface area contributed by atoms with Gasteiger partial charge in [0, 0.05) is 15.0 Å². The van der Waals surface area contributed by atoms with Crippen molar-refractivity contribution in [1.29, 1.82) is 0 Å². The molecule has 4 heteroatoms. The van der Waals surface area contributed by atoms with Gasteiger partial charge in [0.1, 0.15) is 5.82 Å². The highest BCUT2D eigenvalue weighted by Crippen LogP contribution is 2.27. The van der Waals surface area contributed by atoms with E-state index >= 15 is 0 Å². The van der Waals surface area contributed by atoms with Crippen LogP contribution >= 0.6 is 27.5 Å². The highest BCUT2D eigenvalue weighted by molar-refractivity contribution is 9.10. The maximum absolute atomic E-state index is 13.8. The van der Waals surface area contributed by atoms with Gasteiger partial charge in [-0.3, -0.25) is 0 Å². The van der Waals surface area contributed by atoms with E-state index in [0.29, 0.717) is 17.0 Å². The average molecular weight is 343 g/mol. The second kappa shape index (κ2) is 5.61. The van der Waals surface area contributed by atoms with Crippen molar-refractivity contribution < 1.29 is 4.39 Å². The predicted molar refractivity (Wildman–Crippen MR) is 80.8 cm³/mol. The zero-order chi connectivity index (χ0) is 14.0. The third-order valence-electron chi connectivity index (χ3n) is 3.05. The van der Waals surface area contributed by atoms with Crippen molar-refractivity contribution in [2.45, 2.75) is 18.9 Å². The summed E-state index contributed by atoms with van der Waals surface area (Å²) in [6.07, 6.45) is 0.401. The maximum atomic E-state index is 13.8. The Hall–Kier alpha value is -0.900. The molecule has 1 atom stereocenters. The van der Waals surface area contributed by atoms with Crippen LogP contribution in [0, 0.1) is 5.82 Å². The molecular formula is C15H14BrClFN. The molecule has 0 saturated carbocycles. The standard InChI is InChI=1S/C15H14BrClFN/c1-15(19,11-3-2-4-13(17)8-11)9-10-7-12(16)5-6-14(10)18/h2-8H,9,19H2,1H3. The van der Waals surface area contributed by atoms with E-state index in [0.717, 1.165) is 10.0 Å². The SMILES string of the molecule is CC(N)(Cc1cc(Br)ccc1F)c1cccc(Cl)c1. The second-order valence-electron chi connectivity index (χ2n) is 4.84. The van der Waals surface area contributed by atoms with E-state index in [1.807, 2.05) is 25.1 Å². The molecular weight excluding hydrogens is 329 g/mol. The molecule has 0 amide bonds. The van der Waals surface area contributed by atoms with Crippen LogP contribution in [0.5, 0.6) is 0 Å². The van der Waals surface area contributed by atoms with E-state index in [2.05, 4.69) is 15.9 Å². The van der Waals surface area contributed by atoms with Crippen molar-refractivity contribution in [3.05, 3.63) is 68.9 Å². The lowest BCUT2D eigenvalue weighted by Crippen LogP contribution is -2.35. The molecule has 0 heterocycles. The summed E-state index contributed by atoms with van der Waals surface area (Å²) < 4.78 is 14.6. The molecule has 2 N–H and O–H groups in total. The summed E-state index contributed by atoms with van der Waals surface area (Å²) in [5.74, 6) is -0.248. The summed E-state index contributed by atoms with van der Waals surface area (Å²) in [6, 6.07) is 12.2. The molecule has 2 rings (SSSR count). The van der Waals surface area contributed by atoms with E-state index in [-0.39, 0.29) is 5.82 Å². The minimum Gasteiger partial charge on any atom is -0.321 e. The highest BCUT2D eigenvalue weighted by Gasteiger charge is 2.23. The van der Waals surface area contributed by atoms with Crippen LogP contribution in [0.1, 0.15) is 18.1 Å². The van der Waals surface area contributed by atoms with Crippen LogP contribution in [-0.4, -0.2) is 0 Å². The molecule has 0 aliphatic carbocycles. The van der Waals surface area contributed by atoms with Crippen LogP contribution in [0.15, 0.2) is 46.9 Å². The molecule has 0 aromatic heterocycles. The largest absolute Gasteiger partial charge is 0.321 e. The number of benzene rings is 2. The van der Waals surface area contributed by atoms with Crippen molar-refractivity contribution in [3.8, 4) is 0 Å². The van der Waals surface area contributed by atoms with E-state index in [1.54, 1.807) is 18.2 Å². The molecule has 0 fully saturated rings. The molecule has 0 radical (unpaired) electrons. The molecule has 0 aliphatic heterocycles. The lowest BCUT2D eigenvalue weighted by molar-refractivity contribution is 0.475. The first-order valence-corrected chi connectivity index (χ1v) is 7.04. The second-order valence-corrected chi connectivity index (χ2v) is 6.19. The lowest BCUT2D eigenvalue weighted by atomic mass is 9.86. The fourth-order valence-electron chi connectivity index (χ4n) is 2.02. The summed E-state index contributed by atoms with van der Waals surface area (Å²) in [7, 11) is 0. The lowest BCUT2D eigenvalue weighted by Gasteiger charge is -2.26. The number of rotatable bonds is 3. The Morgan fingerprint density at radius 2 is 2.00 bits per heavy atom. The van der Waals surface area contributed by atoms with E-state index in [9.17, 15) is 4.39 Å². The minimum atomic E-state index is -0.674. The number of halogens is 3. The monoisotopic (exact) mass is 341 g/mol. The predicted octanol–water partition coefficient (Wildman–Crippen LogP) is 4.66. The smallest absolute Gasteiger partial charge is 0.126 e. The first kappa shape index (κ1) is 14.5. The van der Waals surface area contributed by atoms with Gasteiger partial charge >= 0.3 is 0 Å². The topological polar surface area (TPSA) is 26.0 Å². The van der Waals surface area contributed by atoms with Gasteiger partial charge in [-0.2, -0.15) is 0 Å². The zero-order valence-electron chi connectivity index (χ0n) is 10.5. The fraction of sp³-hybridized carbons (Fsp3) is 0.200. The molecule has 2 aromatic rings. The molecule has 1 unspecified atom stereocenters. The van der Waals surface area contributed by atoms with Crippen LogP contribution in [-0.2, 0) is 12.0 Å². The first-order chi connectivity index (χ1) is 8.88. The van der Waals surface area contributed by atoms with Crippen LogP contribution in [0.2, 0.25) is 5.02 Å². The molecule has 0 aliphatic rings. The van der Waals surface area contributed by atoms with Crippen LogP contribution in [0.3, 0.4) is 0 Å². The maximum Gasteiger partial charge on any atom is 0.126 e. The van der Waals surface area contributed by atoms with Gasteiger partial charge in [-0.1, -0.05) is 39.7 Å². The van der Waals surface area contributed by atoms with Gasteiger partial charge in [0.15, 0.2) is 0 Å². The number of hydrogen-bond donors (Lipinski definition) is 1. The van der Waals surface area contributed by atoms with Crippen LogP contribution in [0.4, 0.5) is 4.39 Å². The van der Waals surface area contributed by atoms with E-state index < -0.39 is 5.54 Å². The average Bonchev–Trinajstić information content (AvgIpc) is 2.33. The van der Waals surface area contributed by atoms with Crippen molar-refractivity contribution in [3.63, 3.8) is 0 Å². The molecule has 0 spiro atoms. The summed E-state index contributed by atoms with van der Waals surface area (Å²) in [5.41, 5.74) is 7.11. The molecule has 19 heavy (non-hydrogen) atoms. The molecule has 1 nitrogen and oxygen atoms in total. The van der Waals surface area contributed by atoms with Crippen molar-refractivity contribution in [2.75, 3.05) is 0 Å². The van der Waals surface area contributed by atoms with Gasteiger partial charge in [-0.05, 0) is 54.8 Å². The molecule has 2 aromatic carbocycles. The van der Waals surface area contributed by atoms with Gasteiger partial charge in [0.25, 0.3) is 0 Å². The van der Waals surface area contributed by atoms with E-state index in [4.69, 9.17) is 17.3 Å². The fourth-order valence-corrected chi connectivity index (χ4v) is 2.62. The van der Waals surface area contributed by atoms with Gasteiger partial charge in [-0.25, -0.2) is 4.39 Å². The van der Waals surface area contributed by atoms with Crippen molar-refractivity contribution in [2.24, 2.45) is 5.73 Å². The van der Waals surface area contributed by atoms with Gasteiger partial charge in [0.2, 0.25) is 0 Å². The van der Waals surface area contributed by atoms with Crippen LogP contribution < -0.4 is 5.73 Å².